The summed E-state index contributed by atoms with van der Waals surface area (Å²) in [6, 6.07) is 9.21. The van der Waals surface area contributed by atoms with Gasteiger partial charge in [0.1, 0.15) is 18.4 Å². The maximum atomic E-state index is 12.7. The third kappa shape index (κ3) is 7.02. The van der Waals surface area contributed by atoms with Gasteiger partial charge in [0.25, 0.3) is 0 Å². The Morgan fingerprint density at radius 2 is 1.75 bits per heavy atom. The van der Waals surface area contributed by atoms with Crippen LogP contribution in [-0.4, -0.2) is 78.8 Å². The highest BCUT2D eigenvalue weighted by Crippen LogP contribution is 2.32. The van der Waals surface area contributed by atoms with Gasteiger partial charge in [-0.05, 0) is 49.4 Å². The van der Waals surface area contributed by atoms with Crippen LogP contribution in [0.4, 0.5) is 5.69 Å². The van der Waals surface area contributed by atoms with Gasteiger partial charge in [0.15, 0.2) is 0 Å². The number of halogens is 2. The standard InChI is InChI=1S/C22H27Cl2N3O7S2/c1-16(27(35(2,29)30)21-15-17(23)3-8-20(21)24)22(28)25-9-12-34-18-4-6-19(7-5-18)36(31,32)26-10-13-33-14-11-26/h3-8,15-16H,9-14H2,1-2H3,(H,25,28)/t16-/m0/s1. The van der Waals surface area contributed by atoms with Crippen molar-refractivity contribution in [1.29, 1.82) is 0 Å². The molecule has 0 aromatic heterocycles. The zero-order chi connectivity index (χ0) is 26.5. The van der Waals surface area contributed by atoms with E-state index in [1.807, 2.05) is 0 Å². The van der Waals surface area contributed by atoms with E-state index in [1.54, 1.807) is 0 Å². The van der Waals surface area contributed by atoms with Gasteiger partial charge in [-0.2, -0.15) is 4.31 Å². The average Bonchev–Trinajstić information content (AvgIpc) is 2.84. The van der Waals surface area contributed by atoms with Crippen LogP contribution in [0.5, 0.6) is 5.75 Å². The van der Waals surface area contributed by atoms with E-state index in [9.17, 15) is 21.6 Å². The molecule has 1 atom stereocenters. The highest BCUT2D eigenvalue weighted by molar-refractivity contribution is 7.92. The van der Waals surface area contributed by atoms with Crippen LogP contribution in [0.25, 0.3) is 0 Å². The van der Waals surface area contributed by atoms with E-state index < -0.39 is 32.0 Å². The molecule has 1 N–H and O–H groups in total. The maximum Gasteiger partial charge on any atom is 0.243 e. The summed E-state index contributed by atoms with van der Waals surface area (Å²) in [6.07, 6.45) is 0.972. The number of carbonyl (C=O) groups is 1. The zero-order valence-electron chi connectivity index (χ0n) is 19.7. The summed E-state index contributed by atoms with van der Waals surface area (Å²) in [5, 5.41) is 3.03. The van der Waals surface area contributed by atoms with E-state index in [-0.39, 0.29) is 33.8 Å². The molecule has 10 nitrogen and oxygen atoms in total. The Hall–Kier alpha value is -2.09. The van der Waals surface area contributed by atoms with Crippen molar-refractivity contribution in [3.8, 4) is 5.75 Å². The molecule has 0 aliphatic carbocycles. The number of rotatable bonds is 10. The first kappa shape index (κ1) is 28.5. The monoisotopic (exact) mass is 579 g/mol. The van der Waals surface area contributed by atoms with Crippen molar-refractivity contribution in [1.82, 2.24) is 9.62 Å². The van der Waals surface area contributed by atoms with Gasteiger partial charge < -0.3 is 14.8 Å². The fraction of sp³-hybridized carbons (Fsp3) is 0.409. The van der Waals surface area contributed by atoms with E-state index in [0.717, 1.165) is 10.6 Å². The topological polar surface area (TPSA) is 122 Å². The van der Waals surface area contributed by atoms with Gasteiger partial charge in [-0.3, -0.25) is 9.10 Å². The molecule has 1 amide bonds. The number of benzene rings is 2. The summed E-state index contributed by atoms with van der Waals surface area (Å²) in [5.74, 6) is -0.145. The molecule has 1 aliphatic rings. The van der Waals surface area contributed by atoms with Gasteiger partial charge in [-0.1, -0.05) is 23.2 Å². The van der Waals surface area contributed by atoms with Crippen LogP contribution in [-0.2, 0) is 29.6 Å². The van der Waals surface area contributed by atoms with Crippen molar-refractivity contribution in [3.05, 3.63) is 52.5 Å². The average molecular weight is 581 g/mol. The molecule has 1 aliphatic heterocycles. The van der Waals surface area contributed by atoms with Gasteiger partial charge in [-0.15, -0.1) is 0 Å². The van der Waals surface area contributed by atoms with Crippen molar-refractivity contribution < 1.29 is 31.1 Å². The molecule has 0 spiro atoms. The Kier molecular flexibility index (Phi) is 9.47. The molecule has 1 heterocycles. The van der Waals surface area contributed by atoms with Gasteiger partial charge in [0.2, 0.25) is 26.0 Å². The maximum absolute atomic E-state index is 12.7. The Morgan fingerprint density at radius 1 is 1.11 bits per heavy atom. The minimum absolute atomic E-state index is 0.0742. The van der Waals surface area contributed by atoms with Gasteiger partial charge in [-0.25, -0.2) is 16.8 Å². The lowest BCUT2D eigenvalue weighted by molar-refractivity contribution is -0.121. The molecule has 14 heteroatoms. The number of nitrogens with one attached hydrogen (secondary N) is 1. The normalized spacial score (nSPS) is 15.8. The lowest BCUT2D eigenvalue weighted by atomic mass is 10.2. The van der Waals surface area contributed by atoms with Crippen LogP contribution in [0, 0.1) is 0 Å². The number of carbonyl (C=O) groups excluding carboxylic acids is 1. The number of hydrogen-bond donors (Lipinski definition) is 1. The first-order chi connectivity index (χ1) is 16.9. The van der Waals surface area contributed by atoms with E-state index >= 15 is 0 Å². The Morgan fingerprint density at radius 3 is 2.36 bits per heavy atom. The lowest BCUT2D eigenvalue weighted by Crippen LogP contribution is -2.48. The van der Waals surface area contributed by atoms with E-state index in [4.69, 9.17) is 32.7 Å². The molecular formula is C22H27Cl2N3O7S2. The Bertz CT molecular complexity index is 1280. The van der Waals surface area contributed by atoms with Crippen molar-refractivity contribution >= 4 is 54.8 Å². The highest BCUT2D eigenvalue weighted by atomic mass is 35.5. The molecule has 0 unspecified atom stereocenters. The number of sulfonamides is 2. The largest absolute Gasteiger partial charge is 0.492 e. The summed E-state index contributed by atoms with van der Waals surface area (Å²) in [6.45, 7) is 2.92. The van der Waals surface area contributed by atoms with Crippen LogP contribution in [0.15, 0.2) is 47.4 Å². The Balaban J connectivity index is 1.56. The van der Waals surface area contributed by atoms with Crippen molar-refractivity contribution in [2.45, 2.75) is 17.9 Å². The van der Waals surface area contributed by atoms with Crippen molar-refractivity contribution in [2.75, 3.05) is 50.0 Å². The molecule has 0 radical (unpaired) electrons. The third-order valence-electron chi connectivity index (χ3n) is 5.34. The first-order valence-corrected chi connectivity index (χ1v) is 15.0. The molecule has 0 saturated carbocycles. The molecule has 3 rings (SSSR count). The SMILES string of the molecule is C[C@@H](C(=O)NCCOc1ccc(S(=O)(=O)N2CCOCC2)cc1)N(c1cc(Cl)ccc1Cl)S(C)(=O)=O. The molecule has 2 aromatic rings. The molecule has 2 aromatic carbocycles. The second kappa shape index (κ2) is 12.0. The first-order valence-electron chi connectivity index (χ1n) is 10.9. The minimum Gasteiger partial charge on any atom is -0.492 e. The third-order valence-corrected chi connectivity index (χ3v) is 9.03. The number of ether oxygens (including phenoxy) is 2. The smallest absolute Gasteiger partial charge is 0.243 e. The summed E-state index contributed by atoms with van der Waals surface area (Å²) in [7, 11) is -7.47. The number of nitrogens with zero attached hydrogens (tertiary/aromatic N) is 2. The van der Waals surface area contributed by atoms with Gasteiger partial charge >= 0.3 is 0 Å². The number of amides is 1. The summed E-state index contributed by atoms with van der Waals surface area (Å²) in [4.78, 5) is 12.8. The number of anilines is 1. The Labute approximate surface area is 221 Å². The lowest BCUT2D eigenvalue weighted by Gasteiger charge is -2.29. The van der Waals surface area contributed by atoms with Crippen molar-refractivity contribution in [3.63, 3.8) is 0 Å². The number of hydrogen-bond acceptors (Lipinski definition) is 7. The second-order valence-corrected chi connectivity index (χ2v) is 12.6. The van der Waals surface area contributed by atoms with Gasteiger partial charge in [0.05, 0.1) is 41.6 Å². The molecule has 1 saturated heterocycles. The molecular weight excluding hydrogens is 553 g/mol. The van der Waals surface area contributed by atoms with Crippen LogP contribution in [0.1, 0.15) is 6.92 Å². The van der Waals surface area contributed by atoms with Crippen LogP contribution < -0.4 is 14.4 Å². The molecule has 36 heavy (non-hydrogen) atoms. The molecule has 0 bridgehead atoms. The number of morpholine rings is 1. The van der Waals surface area contributed by atoms with E-state index in [2.05, 4.69) is 5.32 Å². The predicted octanol–water partition coefficient (Wildman–Crippen LogP) is 2.36. The molecule has 198 valence electrons. The summed E-state index contributed by atoms with van der Waals surface area (Å²) < 4.78 is 63.3. The highest BCUT2D eigenvalue weighted by Gasteiger charge is 2.31. The van der Waals surface area contributed by atoms with E-state index in [1.165, 1.54) is 53.7 Å². The van der Waals surface area contributed by atoms with Crippen LogP contribution >= 0.6 is 23.2 Å². The molecule has 1 fully saturated rings. The predicted molar refractivity (Wildman–Crippen MR) is 138 cm³/mol. The minimum atomic E-state index is -3.86. The summed E-state index contributed by atoms with van der Waals surface area (Å²) >= 11 is 12.2. The van der Waals surface area contributed by atoms with Crippen molar-refractivity contribution in [2.24, 2.45) is 0 Å². The van der Waals surface area contributed by atoms with E-state index in [0.29, 0.717) is 32.1 Å². The zero-order valence-corrected chi connectivity index (χ0v) is 22.8. The fourth-order valence-electron chi connectivity index (χ4n) is 3.57. The summed E-state index contributed by atoms with van der Waals surface area (Å²) in [5.41, 5.74) is 0.0951. The van der Waals surface area contributed by atoms with Gasteiger partial charge in [0, 0.05) is 18.1 Å². The second-order valence-electron chi connectivity index (χ2n) is 7.96. The van der Waals surface area contributed by atoms with Crippen LogP contribution in [0.3, 0.4) is 0 Å². The fourth-order valence-corrected chi connectivity index (χ4v) is 6.58. The quantitative estimate of drug-likeness (QED) is 0.428. The van der Waals surface area contributed by atoms with Crippen LogP contribution in [0.2, 0.25) is 10.0 Å².